The minimum Gasteiger partial charge on any atom is -0.460 e. The fraction of sp³-hybridized carbons (Fsp3) is 0. The van der Waals surface area contributed by atoms with Gasteiger partial charge in [0.1, 0.15) is 10.8 Å². The van der Waals surface area contributed by atoms with Gasteiger partial charge in [-0.2, -0.15) is 0 Å². The molecular weight excluding hydrogens is 273 g/mol. The lowest BCUT2D eigenvalue weighted by Gasteiger charge is -2.04. The molecule has 0 aromatic carbocycles. The Labute approximate surface area is 105 Å². The number of aromatic amines is 1. The predicted molar refractivity (Wildman–Crippen MR) is 65.5 cm³/mol. The van der Waals surface area contributed by atoms with Gasteiger partial charge in [-0.25, -0.2) is 15.0 Å². The Hall–Kier alpha value is -2.22. The van der Waals surface area contributed by atoms with Crippen molar-refractivity contribution in [1.82, 2.24) is 19.9 Å². The Balaban J connectivity index is 2.25. The summed E-state index contributed by atoms with van der Waals surface area (Å²) in [5.74, 6) is -0.0316. The number of furan rings is 1. The van der Waals surface area contributed by atoms with Gasteiger partial charge in [0.2, 0.25) is 5.82 Å². The third kappa shape index (κ3) is 1.89. The van der Waals surface area contributed by atoms with Crippen LogP contribution in [0.3, 0.4) is 0 Å². The summed E-state index contributed by atoms with van der Waals surface area (Å²) < 4.78 is 16.4. The van der Waals surface area contributed by atoms with Gasteiger partial charge in [-0.3, -0.25) is 4.57 Å². The number of hydrogen-bond acceptors (Lipinski definition) is 6. The quantitative estimate of drug-likeness (QED) is 0.479. The normalized spacial score (nSPS) is 12.1. The third-order valence-corrected chi connectivity index (χ3v) is 3.45. The zero-order valence-electron chi connectivity index (χ0n) is 9.31. The summed E-state index contributed by atoms with van der Waals surface area (Å²) in [6.07, 6.45) is 2.55. The van der Waals surface area contributed by atoms with Crippen molar-refractivity contribution >= 4 is 29.9 Å². The summed E-state index contributed by atoms with van der Waals surface area (Å²) in [4.78, 5) is 33.1. The molecule has 19 heavy (non-hydrogen) atoms. The fourth-order valence-electron chi connectivity index (χ4n) is 1.66. The maximum absolute atomic E-state index is 11.3. The first-order chi connectivity index (χ1) is 8.97. The highest BCUT2D eigenvalue weighted by molar-refractivity contribution is 7.60. The Kier molecular flexibility index (Phi) is 2.42. The van der Waals surface area contributed by atoms with Crippen LogP contribution in [0, 0.1) is 0 Å². The van der Waals surface area contributed by atoms with Gasteiger partial charge in [-0.1, -0.05) is 0 Å². The standard InChI is InChI=1S/C9H8N5O4P/c10-7-5-8(12-3-11-5)14-9(13-7)6-4(1-2-18-6)19(15,16)17/h1-3H,(H2,15,16,17)(H3,10,11,12,13,14). The van der Waals surface area contributed by atoms with E-state index in [0.29, 0.717) is 5.52 Å². The number of imidazole rings is 1. The van der Waals surface area contributed by atoms with E-state index in [1.54, 1.807) is 0 Å². The van der Waals surface area contributed by atoms with E-state index < -0.39 is 7.60 Å². The first-order valence-corrected chi connectivity index (χ1v) is 6.68. The topological polar surface area (TPSA) is 151 Å². The van der Waals surface area contributed by atoms with Crippen molar-refractivity contribution in [2.75, 3.05) is 5.73 Å². The van der Waals surface area contributed by atoms with Crippen molar-refractivity contribution in [3.63, 3.8) is 0 Å². The van der Waals surface area contributed by atoms with E-state index in [2.05, 4.69) is 19.9 Å². The molecule has 0 spiro atoms. The highest BCUT2D eigenvalue weighted by Gasteiger charge is 2.27. The van der Waals surface area contributed by atoms with Gasteiger partial charge in [0, 0.05) is 0 Å². The molecule has 3 aromatic rings. The summed E-state index contributed by atoms with van der Waals surface area (Å²) in [5, 5.41) is -0.290. The second-order valence-corrected chi connectivity index (χ2v) is 5.28. The molecule has 3 heterocycles. The van der Waals surface area contributed by atoms with Crippen LogP contribution in [0.25, 0.3) is 22.7 Å². The van der Waals surface area contributed by atoms with Gasteiger partial charge in [0.15, 0.2) is 17.2 Å². The number of nitrogens with zero attached hydrogens (tertiary/aromatic N) is 3. The van der Waals surface area contributed by atoms with Gasteiger partial charge < -0.3 is 24.9 Å². The van der Waals surface area contributed by atoms with Crippen LogP contribution < -0.4 is 11.0 Å². The zero-order chi connectivity index (χ0) is 13.6. The summed E-state index contributed by atoms with van der Waals surface area (Å²) in [6.45, 7) is 0. The highest BCUT2D eigenvalue weighted by atomic mass is 31.2. The average molecular weight is 281 g/mol. The predicted octanol–water partition coefficient (Wildman–Crippen LogP) is -0.00190. The van der Waals surface area contributed by atoms with E-state index in [0.717, 1.165) is 6.26 Å². The summed E-state index contributed by atoms with van der Waals surface area (Å²) in [7, 11) is -4.48. The van der Waals surface area contributed by atoms with Crippen LogP contribution in [0.4, 0.5) is 5.82 Å². The largest absolute Gasteiger partial charge is 0.460 e. The zero-order valence-corrected chi connectivity index (χ0v) is 10.2. The second-order valence-electron chi connectivity index (χ2n) is 3.71. The smallest absolute Gasteiger partial charge is 0.360 e. The van der Waals surface area contributed by atoms with Crippen molar-refractivity contribution in [3.8, 4) is 11.6 Å². The molecule has 5 N–H and O–H groups in total. The monoisotopic (exact) mass is 281 g/mol. The van der Waals surface area contributed by atoms with E-state index >= 15 is 0 Å². The molecule has 0 atom stereocenters. The molecule has 0 saturated carbocycles. The van der Waals surface area contributed by atoms with Gasteiger partial charge in [0.25, 0.3) is 0 Å². The molecule has 98 valence electrons. The van der Waals surface area contributed by atoms with Crippen molar-refractivity contribution < 1.29 is 18.8 Å². The molecule has 10 heteroatoms. The van der Waals surface area contributed by atoms with Gasteiger partial charge in [-0.15, -0.1) is 0 Å². The molecule has 0 saturated heterocycles. The average Bonchev–Trinajstić information content (AvgIpc) is 2.96. The van der Waals surface area contributed by atoms with Gasteiger partial charge >= 0.3 is 7.60 Å². The maximum atomic E-state index is 11.3. The number of fused-ring (bicyclic) bond motifs is 1. The van der Waals surface area contributed by atoms with Crippen LogP contribution in [0.15, 0.2) is 23.1 Å². The van der Waals surface area contributed by atoms with Crippen molar-refractivity contribution in [1.29, 1.82) is 0 Å². The molecule has 0 bridgehead atoms. The Morgan fingerprint density at radius 2 is 2.16 bits per heavy atom. The minimum atomic E-state index is -4.48. The SMILES string of the molecule is Nc1nc(-c2occc2P(=O)(O)O)nc2nc[nH]c12. The van der Waals surface area contributed by atoms with E-state index in [1.165, 1.54) is 12.4 Å². The van der Waals surface area contributed by atoms with Gasteiger partial charge in [0.05, 0.1) is 12.6 Å². The van der Waals surface area contributed by atoms with E-state index in [4.69, 9.17) is 10.2 Å². The van der Waals surface area contributed by atoms with Crippen molar-refractivity contribution in [2.45, 2.75) is 0 Å². The minimum absolute atomic E-state index is 0.0274. The number of nitrogen functional groups attached to an aromatic ring is 1. The lowest BCUT2D eigenvalue weighted by atomic mass is 10.4. The van der Waals surface area contributed by atoms with Crippen LogP contribution in [0.5, 0.6) is 0 Å². The van der Waals surface area contributed by atoms with Crippen LogP contribution in [-0.2, 0) is 4.57 Å². The lowest BCUT2D eigenvalue weighted by molar-refractivity contribution is 0.387. The van der Waals surface area contributed by atoms with E-state index in [-0.39, 0.29) is 28.4 Å². The molecule has 9 nitrogen and oxygen atoms in total. The van der Waals surface area contributed by atoms with Crippen molar-refractivity contribution in [3.05, 3.63) is 18.7 Å². The number of nitrogens with one attached hydrogen (secondary N) is 1. The van der Waals surface area contributed by atoms with Crippen LogP contribution >= 0.6 is 7.60 Å². The highest BCUT2D eigenvalue weighted by Crippen LogP contribution is 2.37. The number of anilines is 1. The molecule has 0 aliphatic rings. The second kappa shape index (κ2) is 3.89. The van der Waals surface area contributed by atoms with Crippen LogP contribution in [0.2, 0.25) is 0 Å². The van der Waals surface area contributed by atoms with Gasteiger partial charge in [-0.05, 0) is 6.07 Å². The molecule has 0 amide bonds. The van der Waals surface area contributed by atoms with E-state index in [1.807, 2.05) is 0 Å². The first-order valence-electron chi connectivity index (χ1n) is 5.07. The van der Waals surface area contributed by atoms with Crippen LogP contribution in [-0.4, -0.2) is 29.7 Å². The summed E-state index contributed by atoms with van der Waals surface area (Å²) in [6, 6.07) is 1.17. The lowest BCUT2D eigenvalue weighted by Crippen LogP contribution is -2.07. The Morgan fingerprint density at radius 3 is 2.89 bits per heavy atom. The number of hydrogen-bond donors (Lipinski definition) is 4. The van der Waals surface area contributed by atoms with E-state index in [9.17, 15) is 14.4 Å². The maximum Gasteiger partial charge on any atom is 0.360 e. The van der Waals surface area contributed by atoms with Crippen LogP contribution in [0.1, 0.15) is 0 Å². The Bertz CT molecular complexity index is 804. The fourth-order valence-corrected chi connectivity index (χ4v) is 2.33. The third-order valence-electron chi connectivity index (χ3n) is 2.47. The molecule has 3 aromatic heterocycles. The number of H-pyrrole nitrogens is 1. The molecule has 0 aliphatic heterocycles. The number of aromatic nitrogens is 4. The molecule has 3 rings (SSSR count). The molecule has 0 fully saturated rings. The molecule has 0 aliphatic carbocycles. The summed E-state index contributed by atoms with van der Waals surface area (Å²) >= 11 is 0. The first kappa shape index (κ1) is 11.8. The molecular formula is C9H8N5O4P. The molecule has 0 radical (unpaired) electrons. The summed E-state index contributed by atoms with van der Waals surface area (Å²) in [5.41, 5.74) is 6.45. The number of rotatable bonds is 2. The Morgan fingerprint density at radius 1 is 1.37 bits per heavy atom. The number of nitrogens with two attached hydrogens (primary N) is 1. The van der Waals surface area contributed by atoms with Crippen molar-refractivity contribution in [2.24, 2.45) is 0 Å². The molecule has 0 unspecified atom stereocenters.